The average Bonchev–Trinajstić information content (AvgIpc) is 3.23. The van der Waals surface area contributed by atoms with Gasteiger partial charge in [0, 0.05) is 36.6 Å². The molecule has 1 aromatic heterocycles. The molecule has 2 aliphatic heterocycles. The number of rotatable bonds is 4. The molecule has 3 atom stereocenters. The molecule has 3 heterocycles. The molecule has 216 valence electrons. The molecule has 13 heteroatoms. The predicted molar refractivity (Wildman–Crippen MR) is 143 cm³/mol. The smallest absolute Gasteiger partial charge is 0.417 e. The number of alkyl halides is 3. The third-order valence-electron chi connectivity index (χ3n) is 7.10. The molecular formula is C26H34BrF4N5O3. The Morgan fingerprint density at radius 3 is 2.44 bits per heavy atom. The number of aromatic nitrogens is 2. The summed E-state index contributed by atoms with van der Waals surface area (Å²) in [6.07, 6.45) is -3.34. The Bertz CT molecular complexity index is 1240. The minimum absolute atomic E-state index is 0.0851. The molecule has 2 fully saturated rings. The van der Waals surface area contributed by atoms with E-state index in [0.29, 0.717) is 0 Å². The van der Waals surface area contributed by atoms with Gasteiger partial charge in [-0.05, 0) is 83.0 Å². The summed E-state index contributed by atoms with van der Waals surface area (Å²) in [5.74, 6) is -1.02. The van der Waals surface area contributed by atoms with Crippen LogP contribution in [-0.4, -0.2) is 82.9 Å². The first-order chi connectivity index (χ1) is 18.1. The molecule has 1 aromatic carbocycles. The maximum atomic E-state index is 15.4. The van der Waals surface area contributed by atoms with Gasteiger partial charge in [-0.1, -0.05) is 0 Å². The van der Waals surface area contributed by atoms with Gasteiger partial charge in [0.2, 0.25) is 0 Å². The lowest BCUT2D eigenvalue weighted by Gasteiger charge is -2.45. The van der Waals surface area contributed by atoms with E-state index in [-0.39, 0.29) is 60.6 Å². The number of hydrogen-bond acceptors (Lipinski definition) is 7. The van der Waals surface area contributed by atoms with Crippen molar-refractivity contribution >= 4 is 38.7 Å². The van der Waals surface area contributed by atoms with Crippen LogP contribution < -0.4 is 9.64 Å². The Morgan fingerprint density at radius 2 is 1.85 bits per heavy atom. The van der Waals surface area contributed by atoms with Crippen LogP contribution in [-0.2, 0) is 10.9 Å². The number of carbonyl (C=O) groups is 1. The summed E-state index contributed by atoms with van der Waals surface area (Å²) in [5.41, 5.74) is -2.12. The maximum Gasteiger partial charge on any atom is 0.417 e. The lowest BCUT2D eigenvalue weighted by atomic mass is 10.1. The van der Waals surface area contributed by atoms with Crippen molar-refractivity contribution in [3.05, 3.63) is 21.9 Å². The molecule has 2 saturated heterocycles. The average molecular weight is 620 g/mol. The summed E-state index contributed by atoms with van der Waals surface area (Å²) in [4.78, 5) is 27.0. The number of benzene rings is 1. The van der Waals surface area contributed by atoms with Crippen molar-refractivity contribution in [2.45, 2.75) is 77.4 Å². The Kier molecular flexibility index (Phi) is 8.24. The van der Waals surface area contributed by atoms with Crippen LogP contribution in [0.1, 0.15) is 53.0 Å². The summed E-state index contributed by atoms with van der Waals surface area (Å²) >= 11 is 2.78. The van der Waals surface area contributed by atoms with Crippen LogP contribution in [0.25, 0.3) is 10.9 Å². The van der Waals surface area contributed by atoms with Crippen molar-refractivity contribution in [3.63, 3.8) is 0 Å². The fraction of sp³-hybridized carbons (Fsp3) is 0.654. The Balaban J connectivity index is 1.75. The monoisotopic (exact) mass is 619 g/mol. The van der Waals surface area contributed by atoms with Gasteiger partial charge in [0.05, 0.1) is 10.0 Å². The molecule has 0 bridgehead atoms. The number of ether oxygens (including phenoxy) is 2. The molecule has 1 amide bonds. The molecule has 0 N–H and O–H groups in total. The van der Waals surface area contributed by atoms with E-state index >= 15 is 4.39 Å². The van der Waals surface area contributed by atoms with Crippen molar-refractivity contribution in [2.24, 2.45) is 0 Å². The van der Waals surface area contributed by atoms with Gasteiger partial charge in [-0.3, -0.25) is 0 Å². The standard InChI is InChI=1S/C26H34BrF4N5O3/c1-14-12-36(24(37)39-25(3,4)5)15(2)11-35(14)22-17-10-18(26(29,30)31)19(27)20(28)21(17)32-23(33-22)38-13-16-8-7-9-34(16)6/h10,14-16H,7-9,11-13H2,1-6H3/t14?,15?,16-/m0/s1. The van der Waals surface area contributed by atoms with E-state index in [1.54, 1.807) is 30.6 Å². The number of anilines is 1. The topological polar surface area (TPSA) is 71.0 Å². The van der Waals surface area contributed by atoms with E-state index < -0.39 is 33.7 Å². The molecule has 0 radical (unpaired) electrons. The number of fused-ring (bicyclic) bond motifs is 1. The lowest BCUT2D eigenvalue weighted by molar-refractivity contribution is -0.138. The van der Waals surface area contributed by atoms with Crippen LogP contribution in [0.4, 0.5) is 28.2 Å². The first kappa shape index (κ1) is 29.6. The number of hydrogen-bond donors (Lipinski definition) is 0. The van der Waals surface area contributed by atoms with Crippen LogP contribution >= 0.6 is 15.9 Å². The fourth-order valence-corrected chi connectivity index (χ4v) is 5.54. The van der Waals surface area contributed by atoms with Gasteiger partial charge in [-0.25, -0.2) is 9.18 Å². The highest BCUT2D eigenvalue weighted by atomic mass is 79.9. The van der Waals surface area contributed by atoms with Crippen molar-refractivity contribution < 1.29 is 31.8 Å². The number of amides is 1. The minimum Gasteiger partial charge on any atom is -0.462 e. The highest BCUT2D eigenvalue weighted by molar-refractivity contribution is 9.10. The summed E-state index contributed by atoms with van der Waals surface area (Å²) in [5, 5.41) is -0.0851. The van der Waals surface area contributed by atoms with Gasteiger partial charge in [0.1, 0.15) is 23.5 Å². The minimum atomic E-state index is -4.80. The highest BCUT2D eigenvalue weighted by Gasteiger charge is 2.39. The van der Waals surface area contributed by atoms with E-state index in [1.165, 1.54) is 0 Å². The van der Waals surface area contributed by atoms with Crippen molar-refractivity contribution in [1.29, 1.82) is 0 Å². The summed E-state index contributed by atoms with van der Waals surface area (Å²) in [6.45, 7) is 10.6. The van der Waals surface area contributed by atoms with Crippen LogP contribution in [0, 0.1) is 5.82 Å². The van der Waals surface area contributed by atoms with E-state index in [9.17, 15) is 18.0 Å². The van der Waals surface area contributed by atoms with Gasteiger partial charge >= 0.3 is 18.3 Å². The fourth-order valence-electron chi connectivity index (χ4n) is 5.01. The van der Waals surface area contributed by atoms with Crippen LogP contribution in [0.3, 0.4) is 0 Å². The van der Waals surface area contributed by atoms with Crippen molar-refractivity contribution in [1.82, 2.24) is 19.8 Å². The maximum absolute atomic E-state index is 15.4. The Hall–Kier alpha value is -2.41. The quantitative estimate of drug-likeness (QED) is 0.397. The Labute approximate surface area is 233 Å². The number of carbonyl (C=O) groups excluding carboxylic acids is 1. The van der Waals surface area contributed by atoms with E-state index in [0.717, 1.165) is 25.5 Å². The molecular weight excluding hydrogens is 586 g/mol. The largest absolute Gasteiger partial charge is 0.462 e. The molecule has 39 heavy (non-hydrogen) atoms. The second kappa shape index (κ2) is 10.9. The SMILES string of the molecule is CC1CN(c2nc(OC[C@@H]3CCCN3C)nc3c(F)c(Br)c(C(F)(F)F)cc23)C(C)CN1C(=O)OC(C)(C)C. The molecule has 2 unspecified atom stereocenters. The summed E-state index contributed by atoms with van der Waals surface area (Å²) in [7, 11) is 1.98. The van der Waals surface area contributed by atoms with Crippen LogP contribution in [0.5, 0.6) is 6.01 Å². The van der Waals surface area contributed by atoms with Crippen LogP contribution in [0.2, 0.25) is 0 Å². The number of likely N-dealkylation sites (N-methyl/N-ethyl adjacent to an activating group) is 1. The predicted octanol–water partition coefficient (Wildman–Crippen LogP) is 5.86. The number of piperazine rings is 1. The van der Waals surface area contributed by atoms with Gasteiger partial charge in [-0.15, -0.1) is 0 Å². The molecule has 0 spiro atoms. The zero-order chi connectivity index (χ0) is 28.9. The third kappa shape index (κ3) is 6.34. The first-order valence-corrected chi connectivity index (χ1v) is 13.7. The molecule has 2 aromatic rings. The van der Waals surface area contributed by atoms with Gasteiger partial charge in [0.15, 0.2) is 5.82 Å². The summed E-state index contributed by atoms with van der Waals surface area (Å²) in [6, 6.07) is 0.150. The molecule has 2 aliphatic rings. The van der Waals surface area contributed by atoms with Gasteiger partial charge in [-0.2, -0.15) is 23.1 Å². The van der Waals surface area contributed by atoms with Gasteiger partial charge in [0.25, 0.3) is 0 Å². The lowest BCUT2D eigenvalue weighted by Crippen LogP contribution is -2.59. The van der Waals surface area contributed by atoms with Crippen molar-refractivity contribution in [3.8, 4) is 6.01 Å². The second-order valence-electron chi connectivity index (χ2n) is 11.3. The molecule has 0 aliphatic carbocycles. The Morgan fingerprint density at radius 1 is 1.15 bits per heavy atom. The number of likely N-dealkylation sites (tertiary alicyclic amines) is 1. The molecule has 0 saturated carbocycles. The normalized spacial score (nSPS) is 23.0. The van der Waals surface area contributed by atoms with Crippen molar-refractivity contribution in [2.75, 3.05) is 38.2 Å². The van der Waals surface area contributed by atoms with E-state index in [2.05, 4.69) is 30.8 Å². The van der Waals surface area contributed by atoms with E-state index in [1.807, 2.05) is 20.9 Å². The number of halogens is 5. The third-order valence-corrected chi connectivity index (χ3v) is 7.87. The first-order valence-electron chi connectivity index (χ1n) is 12.9. The zero-order valence-corrected chi connectivity index (χ0v) is 24.5. The van der Waals surface area contributed by atoms with Crippen LogP contribution in [0.15, 0.2) is 10.5 Å². The molecule has 8 nitrogen and oxygen atoms in total. The number of nitrogens with zero attached hydrogens (tertiary/aromatic N) is 5. The zero-order valence-electron chi connectivity index (χ0n) is 22.9. The summed E-state index contributed by atoms with van der Waals surface area (Å²) < 4.78 is 67.6. The van der Waals surface area contributed by atoms with E-state index in [4.69, 9.17) is 9.47 Å². The molecule has 4 rings (SSSR count). The highest BCUT2D eigenvalue weighted by Crippen LogP contribution is 2.42. The second-order valence-corrected chi connectivity index (χ2v) is 12.1. The van der Waals surface area contributed by atoms with Gasteiger partial charge < -0.3 is 24.2 Å².